The van der Waals surface area contributed by atoms with Gasteiger partial charge in [0.1, 0.15) is 19.8 Å². The summed E-state index contributed by atoms with van der Waals surface area (Å²) in [5.41, 5.74) is 0.173. The van der Waals surface area contributed by atoms with Crippen LogP contribution < -0.4 is 14.8 Å². The number of alkyl halides is 3. The Morgan fingerprint density at radius 3 is 2.71 bits per heavy atom. The molecule has 0 unspecified atom stereocenters. The van der Waals surface area contributed by atoms with Gasteiger partial charge in [0, 0.05) is 5.56 Å². The van der Waals surface area contributed by atoms with Gasteiger partial charge in [0.2, 0.25) is 11.7 Å². The molecule has 3 aromatic rings. The molecule has 0 fully saturated rings. The van der Waals surface area contributed by atoms with Crippen molar-refractivity contribution in [1.82, 2.24) is 25.5 Å². The molecule has 1 aromatic heterocycles. The Kier molecular flexibility index (Phi) is 5.49. The zero-order valence-electron chi connectivity index (χ0n) is 16.4. The molecule has 8 nitrogen and oxygen atoms in total. The second-order valence-electron chi connectivity index (χ2n) is 6.91. The van der Waals surface area contributed by atoms with Crippen molar-refractivity contribution < 1.29 is 27.4 Å². The largest absolute Gasteiger partial charge is 0.486 e. The molecule has 0 radical (unpaired) electrons. The first-order valence-corrected chi connectivity index (χ1v) is 9.44. The van der Waals surface area contributed by atoms with Gasteiger partial charge in [0.05, 0.1) is 11.6 Å². The smallest absolute Gasteiger partial charge is 0.416 e. The lowest BCUT2D eigenvalue weighted by Gasteiger charge is -2.21. The van der Waals surface area contributed by atoms with Crippen molar-refractivity contribution in [2.45, 2.75) is 25.7 Å². The summed E-state index contributed by atoms with van der Waals surface area (Å²) in [6.45, 7) is 2.53. The standard InChI is InChI=1S/C20H18F3N5O3/c1-12(13-5-6-16-17(10-13)31-8-7-30-16)24-18(29)11-28-26-19(25-27-28)14-3-2-4-15(9-14)20(21,22)23/h2-6,9-10,12H,7-8,11H2,1H3,(H,24,29)/t12-/m1/s1. The fourth-order valence-corrected chi connectivity index (χ4v) is 3.09. The Labute approximate surface area is 175 Å². The fraction of sp³-hybridized carbons (Fsp3) is 0.300. The minimum absolute atomic E-state index is 0.00113. The van der Waals surface area contributed by atoms with Crippen molar-refractivity contribution in [2.24, 2.45) is 0 Å². The number of carbonyl (C=O) groups is 1. The summed E-state index contributed by atoms with van der Waals surface area (Å²) in [5.74, 6) is 0.894. The lowest BCUT2D eigenvalue weighted by atomic mass is 10.1. The average molecular weight is 433 g/mol. The van der Waals surface area contributed by atoms with Crippen molar-refractivity contribution in [2.75, 3.05) is 13.2 Å². The topological polar surface area (TPSA) is 91.2 Å². The number of nitrogens with zero attached hydrogens (tertiary/aromatic N) is 4. The minimum atomic E-state index is -4.48. The highest BCUT2D eigenvalue weighted by Crippen LogP contribution is 2.33. The van der Waals surface area contributed by atoms with Crippen LogP contribution in [0.4, 0.5) is 13.2 Å². The maximum Gasteiger partial charge on any atom is 0.416 e. The van der Waals surface area contributed by atoms with Crippen LogP contribution in [-0.4, -0.2) is 39.3 Å². The number of ether oxygens (including phenoxy) is 2. The number of aromatic nitrogens is 4. The molecule has 0 spiro atoms. The summed E-state index contributed by atoms with van der Waals surface area (Å²) in [7, 11) is 0. The average Bonchev–Trinajstić information content (AvgIpc) is 3.21. The molecular formula is C20H18F3N5O3. The van der Waals surface area contributed by atoms with Gasteiger partial charge in [-0.25, -0.2) is 0 Å². The molecule has 0 aliphatic carbocycles. The number of benzene rings is 2. The minimum Gasteiger partial charge on any atom is -0.486 e. The first-order chi connectivity index (χ1) is 14.8. The normalized spacial score (nSPS) is 14.2. The maximum atomic E-state index is 12.9. The molecule has 31 heavy (non-hydrogen) atoms. The highest BCUT2D eigenvalue weighted by Gasteiger charge is 2.30. The van der Waals surface area contributed by atoms with E-state index in [0.29, 0.717) is 24.7 Å². The van der Waals surface area contributed by atoms with E-state index < -0.39 is 11.7 Å². The summed E-state index contributed by atoms with van der Waals surface area (Å²) >= 11 is 0. The van der Waals surface area contributed by atoms with Crippen molar-refractivity contribution >= 4 is 5.91 Å². The number of rotatable bonds is 5. The number of fused-ring (bicyclic) bond motifs is 1. The molecule has 0 saturated carbocycles. The first kappa shape index (κ1) is 20.6. The van der Waals surface area contributed by atoms with E-state index in [4.69, 9.17) is 9.47 Å². The highest BCUT2D eigenvalue weighted by atomic mass is 19.4. The van der Waals surface area contributed by atoms with Crippen molar-refractivity contribution in [3.63, 3.8) is 0 Å². The van der Waals surface area contributed by atoms with Crippen LogP contribution in [0.5, 0.6) is 11.5 Å². The van der Waals surface area contributed by atoms with Gasteiger partial charge < -0.3 is 14.8 Å². The molecule has 2 heterocycles. The molecule has 4 rings (SSSR count). The third-order valence-electron chi connectivity index (χ3n) is 4.63. The number of hydrogen-bond donors (Lipinski definition) is 1. The van der Waals surface area contributed by atoms with E-state index in [1.54, 1.807) is 12.1 Å². The number of tetrazole rings is 1. The van der Waals surface area contributed by atoms with E-state index in [9.17, 15) is 18.0 Å². The number of halogens is 3. The molecule has 0 bridgehead atoms. The monoisotopic (exact) mass is 433 g/mol. The summed E-state index contributed by atoms with van der Waals surface area (Å²) in [4.78, 5) is 13.4. The van der Waals surface area contributed by atoms with Crippen LogP contribution in [0.2, 0.25) is 0 Å². The van der Waals surface area contributed by atoms with E-state index in [1.807, 2.05) is 13.0 Å². The van der Waals surface area contributed by atoms with E-state index >= 15 is 0 Å². The fourth-order valence-electron chi connectivity index (χ4n) is 3.09. The molecule has 1 atom stereocenters. The van der Waals surface area contributed by atoms with Gasteiger partial charge >= 0.3 is 6.18 Å². The predicted octanol–water partition coefficient (Wildman–Crippen LogP) is 3.01. The maximum absolute atomic E-state index is 12.9. The molecule has 2 aromatic carbocycles. The molecule has 11 heteroatoms. The number of nitrogens with one attached hydrogen (secondary N) is 1. The van der Waals surface area contributed by atoms with Crippen LogP contribution in [0.15, 0.2) is 42.5 Å². The third kappa shape index (κ3) is 4.76. The summed E-state index contributed by atoms with van der Waals surface area (Å²) in [6, 6.07) is 9.70. The predicted molar refractivity (Wildman–Crippen MR) is 102 cm³/mol. The summed E-state index contributed by atoms with van der Waals surface area (Å²) in [5, 5.41) is 14.3. The van der Waals surface area contributed by atoms with Gasteiger partial charge in [-0.15, -0.1) is 10.2 Å². The molecule has 162 valence electrons. The lowest BCUT2D eigenvalue weighted by Crippen LogP contribution is -2.31. The summed E-state index contributed by atoms with van der Waals surface area (Å²) in [6.07, 6.45) is -4.48. The van der Waals surface area contributed by atoms with Crippen LogP contribution in [-0.2, 0) is 17.5 Å². The van der Waals surface area contributed by atoms with Crippen molar-refractivity contribution in [3.8, 4) is 22.9 Å². The van der Waals surface area contributed by atoms with Gasteiger partial charge in [0.15, 0.2) is 11.5 Å². The van der Waals surface area contributed by atoms with Crippen LogP contribution in [0, 0.1) is 0 Å². The Balaban J connectivity index is 1.40. The van der Waals surface area contributed by atoms with Gasteiger partial charge in [-0.2, -0.15) is 18.0 Å². The number of amides is 1. The Morgan fingerprint density at radius 1 is 1.16 bits per heavy atom. The second kappa shape index (κ2) is 8.25. The van der Waals surface area contributed by atoms with Crippen molar-refractivity contribution in [1.29, 1.82) is 0 Å². The Hall–Kier alpha value is -3.63. The molecular weight excluding hydrogens is 415 g/mol. The van der Waals surface area contributed by atoms with Crippen LogP contribution in [0.25, 0.3) is 11.4 Å². The first-order valence-electron chi connectivity index (χ1n) is 9.44. The quantitative estimate of drug-likeness (QED) is 0.665. The Morgan fingerprint density at radius 2 is 1.94 bits per heavy atom. The van der Waals surface area contributed by atoms with Gasteiger partial charge in [-0.3, -0.25) is 4.79 Å². The van der Waals surface area contributed by atoms with Gasteiger partial charge in [-0.05, 0) is 42.0 Å². The molecule has 0 saturated heterocycles. The summed E-state index contributed by atoms with van der Waals surface area (Å²) < 4.78 is 49.7. The van der Waals surface area contributed by atoms with E-state index in [2.05, 4.69) is 20.7 Å². The zero-order chi connectivity index (χ0) is 22.0. The molecule has 1 aliphatic heterocycles. The van der Waals surface area contributed by atoms with Gasteiger partial charge in [0.25, 0.3) is 0 Å². The number of hydrogen-bond acceptors (Lipinski definition) is 6. The Bertz CT molecular complexity index is 1100. The number of carbonyl (C=O) groups excluding carboxylic acids is 1. The zero-order valence-corrected chi connectivity index (χ0v) is 16.4. The van der Waals surface area contributed by atoms with Crippen LogP contribution in [0.1, 0.15) is 24.1 Å². The van der Waals surface area contributed by atoms with E-state index in [0.717, 1.165) is 22.5 Å². The van der Waals surface area contributed by atoms with Crippen LogP contribution >= 0.6 is 0 Å². The molecule has 1 amide bonds. The van der Waals surface area contributed by atoms with E-state index in [1.165, 1.54) is 12.1 Å². The molecule has 1 aliphatic rings. The third-order valence-corrected chi connectivity index (χ3v) is 4.63. The highest BCUT2D eigenvalue weighted by molar-refractivity contribution is 5.76. The second-order valence-corrected chi connectivity index (χ2v) is 6.91. The van der Waals surface area contributed by atoms with Crippen molar-refractivity contribution in [3.05, 3.63) is 53.6 Å². The van der Waals surface area contributed by atoms with Crippen LogP contribution in [0.3, 0.4) is 0 Å². The SMILES string of the molecule is C[C@@H](NC(=O)Cn1nnc(-c2cccc(C(F)(F)F)c2)n1)c1ccc2c(c1)OCCO2. The lowest BCUT2D eigenvalue weighted by molar-refractivity contribution is -0.137. The molecule has 1 N–H and O–H groups in total. The van der Waals surface area contributed by atoms with E-state index in [-0.39, 0.29) is 29.9 Å². The van der Waals surface area contributed by atoms with Gasteiger partial charge in [-0.1, -0.05) is 18.2 Å².